The van der Waals surface area contributed by atoms with Crippen molar-refractivity contribution in [1.29, 1.82) is 0 Å². The summed E-state index contributed by atoms with van der Waals surface area (Å²) in [5.41, 5.74) is 6.05. The molecular formula is C19H14Cl2N2. The lowest BCUT2D eigenvalue weighted by Gasteiger charge is -2.21. The molecule has 0 amide bonds. The Labute approximate surface area is 145 Å². The molecule has 0 radical (unpaired) electrons. The monoisotopic (exact) mass is 340 g/mol. The van der Waals surface area contributed by atoms with E-state index in [2.05, 4.69) is 60.2 Å². The van der Waals surface area contributed by atoms with E-state index in [1.807, 2.05) is 6.07 Å². The van der Waals surface area contributed by atoms with Crippen molar-refractivity contribution in [2.75, 3.05) is 0 Å². The zero-order chi connectivity index (χ0) is 16.2. The van der Waals surface area contributed by atoms with E-state index < -0.39 is 0 Å². The maximum atomic E-state index is 6.01. The summed E-state index contributed by atoms with van der Waals surface area (Å²) in [7, 11) is 0. The molecule has 23 heavy (non-hydrogen) atoms. The molecule has 0 saturated heterocycles. The van der Waals surface area contributed by atoms with Crippen LogP contribution in [0.2, 0.25) is 10.3 Å². The Bertz CT molecular complexity index is 912. The molecule has 0 unspecified atom stereocenters. The fourth-order valence-corrected chi connectivity index (χ4v) is 3.79. The molecule has 0 saturated carbocycles. The largest absolute Gasteiger partial charge is 0.216 e. The van der Waals surface area contributed by atoms with Gasteiger partial charge in [-0.05, 0) is 28.3 Å². The van der Waals surface area contributed by atoms with Crippen molar-refractivity contribution in [3.05, 3.63) is 70.0 Å². The topological polar surface area (TPSA) is 25.8 Å². The molecule has 0 bridgehead atoms. The molecule has 114 valence electrons. The van der Waals surface area contributed by atoms with Gasteiger partial charge in [0, 0.05) is 17.0 Å². The van der Waals surface area contributed by atoms with Crippen molar-refractivity contribution >= 4 is 23.2 Å². The third kappa shape index (κ3) is 2.25. The highest BCUT2D eigenvalue weighted by atomic mass is 35.5. The quantitative estimate of drug-likeness (QED) is 0.526. The van der Waals surface area contributed by atoms with Gasteiger partial charge < -0.3 is 0 Å². The van der Waals surface area contributed by atoms with Crippen molar-refractivity contribution in [3.63, 3.8) is 0 Å². The molecule has 0 aliphatic heterocycles. The second kappa shape index (κ2) is 5.05. The van der Waals surface area contributed by atoms with E-state index in [4.69, 9.17) is 23.2 Å². The Kier molecular flexibility index (Phi) is 3.22. The fraction of sp³-hybridized carbons (Fsp3) is 0.158. The number of benzene rings is 2. The van der Waals surface area contributed by atoms with E-state index in [-0.39, 0.29) is 5.41 Å². The first-order chi connectivity index (χ1) is 11.0. The van der Waals surface area contributed by atoms with Gasteiger partial charge in [-0.1, -0.05) is 73.4 Å². The Morgan fingerprint density at radius 2 is 1.43 bits per heavy atom. The van der Waals surface area contributed by atoms with Crippen LogP contribution in [0.4, 0.5) is 0 Å². The maximum Gasteiger partial charge on any atom is 0.162 e. The Hall–Kier alpha value is -1.90. The smallest absolute Gasteiger partial charge is 0.162 e. The van der Waals surface area contributed by atoms with Gasteiger partial charge in [0.05, 0.1) is 0 Å². The number of rotatable bonds is 1. The van der Waals surface area contributed by atoms with Crippen LogP contribution in [0, 0.1) is 0 Å². The van der Waals surface area contributed by atoms with Crippen LogP contribution in [0.25, 0.3) is 22.5 Å². The van der Waals surface area contributed by atoms with Gasteiger partial charge in [-0.15, -0.1) is 0 Å². The first-order valence-electron chi connectivity index (χ1n) is 7.42. The summed E-state index contributed by atoms with van der Waals surface area (Å²) >= 11 is 12.0. The van der Waals surface area contributed by atoms with Gasteiger partial charge in [0.1, 0.15) is 10.3 Å². The van der Waals surface area contributed by atoms with Crippen LogP contribution in [0.3, 0.4) is 0 Å². The van der Waals surface area contributed by atoms with Crippen LogP contribution >= 0.6 is 23.2 Å². The summed E-state index contributed by atoms with van der Waals surface area (Å²) in [5, 5.41) is 0.700. The van der Waals surface area contributed by atoms with Crippen LogP contribution in [-0.2, 0) is 5.41 Å². The van der Waals surface area contributed by atoms with Crippen LogP contribution < -0.4 is 0 Å². The van der Waals surface area contributed by atoms with Crippen molar-refractivity contribution in [2.45, 2.75) is 19.3 Å². The third-order valence-electron chi connectivity index (χ3n) is 4.51. The summed E-state index contributed by atoms with van der Waals surface area (Å²) < 4.78 is 0. The normalized spacial score (nSPS) is 14.4. The molecule has 4 rings (SSSR count). The van der Waals surface area contributed by atoms with E-state index in [1.165, 1.54) is 22.3 Å². The van der Waals surface area contributed by atoms with Crippen LogP contribution in [0.1, 0.15) is 25.0 Å². The van der Waals surface area contributed by atoms with Crippen LogP contribution in [0.15, 0.2) is 48.5 Å². The van der Waals surface area contributed by atoms with Crippen molar-refractivity contribution in [2.24, 2.45) is 0 Å². The predicted octanol–water partition coefficient (Wildman–Crippen LogP) is 5.76. The summed E-state index contributed by atoms with van der Waals surface area (Å²) in [5.74, 6) is 0.553. The zero-order valence-corrected chi connectivity index (χ0v) is 14.3. The van der Waals surface area contributed by atoms with Gasteiger partial charge in [0.25, 0.3) is 0 Å². The molecule has 1 aromatic heterocycles. The Morgan fingerprint density at radius 3 is 2.17 bits per heavy atom. The van der Waals surface area contributed by atoms with Gasteiger partial charge in [-0.3, -0.25) is 0 Å². The number of aromatic nitrogens is 2. The van der Waals surface area contributed by atoms with Gasteiger partial charge in [-0.2, -0.15) is 0 Å². The van der Waals surface area contributed by atoms with Crippen molar-refractivity contribution in [1.82, 2.24) is 9.97 Å². The molecule has 1 aliphatic rings. The summed E-state index contributed by atoms with van der Waals surface area (Å²) in [6.07, 6.45) is 0. The number of hydrogen-bond acceptors (Lipinski definition) is 2. The highest BCUT2D eigenvalue weighted by Gasteiger charge is 2.35. The van der Waals surface area contributed by atoms with E-state index in [0.29, 0.717) is 16.1 Å². The Morgan fingerprint density at radius 1 is 0.783 bits per heavy atom. The molecule has 0 spiro atoms. The summed E-state index contributed by atoms with van der Waals surface area (Å²) in [6, 6.07) is 16.4. The minimum atomic E-state index is -0.0513. The fourth-order valence-electron chi connectivity index (χ4n) is 3.36. The number of halogens is 2. The van der Waals surface area contributed by atoms with E-state index in [9.17, 15) is 0 Å². The summed E-state index contributed by atoms with van der Waals surface area (Å²) in [6.45, 7) is 4.49. The lowest BCUT2D eigenvalue weighted by atomic mass is 9.82. The summed E-state index contributed by atoms with van der Waals surface area (Å²) in [4.78, 5) is 8.59. The van der Waals surface area contributed by atoms with Crippen molar-refractivity contribution < 1.29 is 0 Å². The van der Waals surface area contributed by atoms with Gasteiger partial charge in [0.2, 0.25) is 0 Å². The van der Waals surface area contributed by atoms with Gasteiger partial charge >= 0.3 is 0 Å². The zero-order valence-electron chi connectivity index (χ0n) is 12.8. The van der Waals surface area contributed by atoms with E-state index in [0.717, 1.165) is 5.56 Å². The first kappa shape index (κ1) is 14.7. The number of fused-ring (bicyclic) bond motifs is 3. The van der Waals surface area contributed by atoms with Crippen molar-refractivity contribution in [3.8, 4) is 22.5 Å². The van der Waals surface area contributed by atoms with Crippen LogP contribution in [0.5, 0.6) is 0 Å². The van der Waals surface area contributed by atoms with E-state index in [1.54, 1.807) is 6.07 Å². The Balaban J connectivity index is 1.92. The van der Waals surface area contributed by atoms with Gasteiger partial charge in [0.15, 0.2) is 5.82 Å². The lowest BCUT2D eigenvalue weighted by Crippen LogP contribution is -2.15. The molecule has 0 fully saturated rings. The first-order valence-corrected chi connectivity index (χ1v) is 8.17. The average molecular weight is 341 g/mol. The molecule has 2 aromatic carbocycles. The minimum Gasteiger partial charge on any atom is -0.216 e. The minimum absolute atomic E-state index is 0.0513. The number of nitrogens with zero attached hydrogens (tertiary/aromatic N) is 2. The van der Waals surface area contributed by atoms with Crippen LogP contribution in [-0.4, -0.2) is 9.97 Å². The standard InChI is InChI=1S/C19H14Cl2N2/c1-19(2)14-6-4-3-5-12(14)13-8-7-11(9-15(13)19)18-22-16(20)10-17(21)23-18/h3-10H,1-2H3. The third-order valence-corrected chi connectivity index (χ3v) is 4.89. The predicted molar refractivity (Wildman–Crippen MR) is 95.1 cm³/mol. The average Bonchev–Trinajstić information content (AvgIpc) is 2.75. The maximum absolute atomic E-state index is 6.01. The highest BCUT2D eigenvalue weighted by molar-refractivity contribution is 6.33. The number of hydrogen-bond donors (Lipinski definition) is 0. The molecule has 3 aromatic rings. The molecule has 0 N–H and O–H groups in total. The molecule has 1 aliphatic carbocycles. The lowest BCUT2D eigenvalue weighted by molar-refractivity contribution is 0.660. The van der Waals surface area contributed by atoms with E-state index >= 15 is 0 Å². The second-order valence-electron chi connectivity index (χ2n) is 6.27. The molecular weight excluding hydrogens is 327 g/mol. The molecule has 0 atom stereocenters. The highest BCUT2D eigenvalue weighted by Crippen LogP contribution is 2.49. The molecule has 1 heterocycles. The molecule has 2 nitrogen and oxygen atoms in total. The second-order valence-corrected chi connectivity index (χ2v) is 7.04. The SMILES string of the molecule is CC1(C)c2ccccc2-c2ccc(-c3nc(Cl)cc(Cl)n3)cc21. The van der Waals surface area contributed by atoms with Gasteiger partial charge in [-0.25, -0.2) is 9.97 Å². The molecule has 4 heteroatoms.